The molecule has 1 N–H and O–H groups in total. The first-order valence-electron chi connectivity index (χ1n) is 7.22. The van der Waals surface area contributed by atoms with Crippen LogP contribution in [-0.2, 0) is 6.54 Å². The highest BCUT2D eigenvalue weighted by Gasteiger charge is 2.13. The molecule has 2 aromatic heterocycles. The molecule has 1 aromatic carbocycles. The Balaban J connectivity index is 2.20. The first-order chi connectivity index (χ1) is 10.5. The van der Waals surface area contributed by atoms with Crippen molar-refractivity contribution in [3.05, 3.63) is 47.0 Å². The molecule has 0 atom stereocenters. The van der Waals surface area contributed by atoms with Gasteiger partial charge in [-0.05, 0) is 50.1 Å². The van der Waals surface area contributed by atoms with Crippen LogP contribution in [0.2, 0.25) is 0 Å². The van der Waals surface area contributed by atoms with Crippen molar-refractivity contribution < 1.29 is 9.50 Å². The van der Waals surface area contributed by atoms with E-state index in [2.05, 4.69) is 10.1 Å². The zero-order chi connectivity index (χ0) is 15.9. The van der Waals surface area contributed by atoms with Crippen LogP contribution in [0, 0.1) is 26.6 Å². The van der Waals surface area contributed by atoms with Gasteiger partial charge in [0, 0.05) is 17.1 Å². The van der Waals surface area contributed by atoms with E-state index in [1.54, 1.807) is 4.68 Å². The Morgan fingerprint density at radius 2 is 1.95 bits per heavy atom. The summed E-state index contributed by atoms with van der Waals surface area (Å²) in [5.74, 6) is -0.305. The number of pyridine rings is 1. The molecule has 22 heavy (non-hydrogen) atoms. The summed E-state index contributed by atoms with van der Waals surface area (Å²) < 4.78 is 15.9. The molecule has 0 saturated carbocycles. The van der Waals surface area contributed by atoms with Gasteiger partial charge in [0.25, 0.3) is 0 Å². The van der Waals surface area contributed by atoms with Crippen LogP contribution in [0.1, 0.15) is 16.8 Å². The summed E-state index contributed by atoms with van der Waals surface area (Å²) in [6.45, 7) is 6.17. The second-order valence-corrected chi connectivity index (χ2v) is 5.58. The van der Waals surface area contributed by atoms with Crippen molar-refractivity contribution in [3.63, 3.8) is 0 Å². The Morgan fingerprint density at radius 1 is 1.18 bits per heavy atom. The number of aryl methyl sites for hydroxylation is 3. The fourth-order valence-corrected chi connectivity index (χ4v) is 2.71. The third-order valence-corrected chi connectivity index (χ3v) is 3.77. The van der Waals surface area contributed by atoms with E-state index in [0.29, 0.717) is 17.8 Å². The van der Waals surface area contributed by atoms with E-state index in [4.69, 9.17) is 5.11 Å². The van der Waals surface area contributed by atoms with Crippen molar-refractivity contribution in [3.8, 4) is 11.3 Å². The van der Waals surface area contributed by atoms with Gasteiger partial charge in [0.1, 0.15) is 11.3 Å². The molecule has 0 amide bonds. The van der Waals surface area contributed by atoms with Crippen LogP contribution < -0.4 is 0 Å². The van der Waals surface area contributed by atoms with E-state index in [1.165, 1.54) is 6.07 Å². The Labute approximate surface area is 128 Å². The average Bonchev–Trinajstić information content (AvgIpc) is 2.81. The summed E-state index contributed by atoms with van der Waals surface area (Å²) in [4.78, 5) is 4.49. The van der Waals surface area contributed by atoms with Crippen molar-refractivity contribution in [1.29, 1.82) is 0 Å². The van der Waals surface area contributed by atoms with E-state index < -0.39 is 0 Å². The number of hydrogen-bond acceptors (Lipinski definition) is 3. The molecular weight excluding hydrogens is 281 g/mol. The lowest BCUT2D eigenvalue weighted by Crippen LogP contribution is -2.02. The second-order valence-electron chi connectivity index (χ2n) is 5.58. The molecule has 3 aromatic rings. The number of aliphatic hydroxyl groups excluding tert-OH is 1. The third kappa shape index (κ3) is 2.48. The molecule has 0 aliphatic heterocycles. The fourth-order valence-electron chi connectivity index (χ4n) is 2.71. The maximum atomic E-state index is 14.2. The number of benzene rings is 1. The maximum Gasteiger partial charge on any atom is 0.149 e. The summed E-state index contributed by atoms with van der Waals surface area (Å²) in [7, 11) is 0. The first kappa shape index (κ1) is 14.7. The summed E-state index contributed by atoms with van der Waals surface area (Å²) >= 11 is 0. The maximum absolute atomic E-state index is 14.2. The molecule has 0 saturated heterocycles. The highest BCUT2D eigenvalue weighted by Crippen LogP contribution is 2.28. The van der Waals surface area contributed by atoms with Gasteiger partial charge in [0.2, 0.25) is 0 Å². The Morgan fingerprint density at radius 3 is 2.68 bits per heavy atom. The van der Waals surface area contributed by atoms with E-state index in [0.717, 1.165) is 27.8 Å². The SMILES string of the molecule is Cc1cc(F)c2nc(-c3cn(CCO)nc3C)cc(C)c2c1. The van der Waals surface area contributed by atoms with Gasteiger partial charge in [-0.25, -0.2) is 9.37 Å². The molecule has 0 bridgehead atoms. The molecule has 5 heteroatoms. The minimum Gasteiger partial charge on any atom is -0.394 e. The number of fused-ring (bicyclic) bond motifs is 1. The second kappa shape index (κ2) is 5.50. The van der Waals surface area contributed by atoms with Crippen molar-refractivity contribution in [2.75, 3.05) is 6.61 Å². The summed E-state index contributed by atoms with van der Waals surface area (Å²) in [5, 5.41) is 14.2. The lowest BCUT2D eigenvalue weighted by molar-refractivity contribution is 0.269. The van der Waals surface area contributed by atoms with Crippen molar-refractivity contribution >= 4 is 10.9 Å². The van der Waals surface area contributed by atoms with E-state index >= 15 is 0 Å². The van der Waals surface area contributed by atoms with Crippen LogP contribution in [-0.4, -0.2) is 26.5 Å². The largest absolute Gasteiger partial charge is 0.394 e. The highest BCUT2D eigenvalue weighted by atomic mass is 19.1. The number of nitrogens with zero attached hydrogens (tertiary/aromatic N) is 3. The number of aliphatic hydroxyl groups is 1. The highest BCUT2D eigenvalue weighted by molar-refractivity contribution is 5.86. The lowest BCUT2D eigenvalue weighted by Gasteiger charge is -2.08. The van der Waals surface area contributed by atoms with Crippen molar-refractivity contribution in [2.45, 2.75) is 27.3 Å². The Hall–Kier alpha value is -2.27. The molecule has 0 radical (unpaired) electrons. The average molecular weight is 299 g/mol. The number of rotatable bonds is 3. The topological polar surface area (TPSA) is 50.9 Å². The van der Waals surface area contributed by atoms with Gasteiger partial charge in [0.05, 0.1) is 24.5 Å². The summed E-state index contributed by atoms with van der Waals surface area (Å²) in [6.07, 6.45) is 1.84. The molecule has 4 nitrogen and oxygen atoms in total. The Kier molecular flexibility index (Phi) is 3.66. The van der Waals surface area contributed by atoms with E-state index in [1.807, 2.05) is 39.1 Å². The van der Waals surface area contributed by atoms with Gasteiger partial charge in [-0.1, -0.05) is 0 Å². The number of aromatic nitrogens is 3. The predicted molar refractivity (Wildman–Crippen MR) is 84.2 cm³/mol. The molecule has 0 aliphatic rings. The summed E-state index contributed by atoms with van der Waals surface area (Å²) in [6, 6.07) is 5.40. The Bertz CT molecular complexity index is 855. The minimum absolute atomic E-state index is 0.0264. The zero-order valence-corrected chi connectivity index (χ0v) is 12.9. The molecule has 0 fully saturated rings. The van der Waals surface area contributed by atoms with Crippen LogP contribution in [0.3, 0.4) is 0 Å². The van der Waals surface area contributed by atoms with Crippen LogP contribution in [0.25, 0.3) is 22.2 Å². The molecular formula is C17H18FN3O. The molecule has 0 unspecified atom stereocenters. The molecule has 3 rings (SSSR count). The number of halogens is 1. The third-order valence-electron chi connectivity index (χ3n) is 3.77. The van der Waals surface area contributed by atoms with Gasteiger partial charge in [-0.2, -0.15) is 5.10 Å². The molecule has 0 aliphatic carbocycles. The van der Waals surface area contributed by atoms with Crippen LogP contribution in [0.5, 0.6) is 0 Å². The normalized spacial score (nSPS) is 11.3. The minimum atomic E-state index is -0.305. The van der Waals surface area contributed by atoms with Gasteiger partial charge in [0.15, 0.2) is 0 Å². The molecule has 2 heterocycles. The van der Waals surface area contributed by atoms with Crippen molar-refractivity contribution in [1.82, 2.24) is 14.8 Å². The van der Waals surface area contributed by atoms with Gasteiger partial charge < -0.3 is 5.11 Å². The quantitative estimate of drug-likeness (QED) is 0.808. The predicted octanol–water partition coefficient (Wildman–Crippen LogP) is 3.15. The van der Waals surface area contributed by atoms with Crippen LogP contribution in [0.15, 0.2) is 24.4 Å². The first-order valence-corrected chi connectivity index (χ1v) is 7.22. The van der Waals surface area contributed by atoms with Crippen molar-refractivity contribution in [2.24, 2.45) is 0 Å². The van der Waals surface area contributed by atoms with Gasteiger partial charge >= 0.3 is 0 Å². The standard InChI is InChI=1S/C17H18FN3O/c1-10-6-13-11(2)8-16(19-17(13)15(18)7-10)14-9-21(4-5-22)20-12(14)3/h6-9,22H,4-5H2,1-3H3. The van der Waals surface area contributed by atoms with Crippen LogP contribution >= 0.6 is 0 Å². The number of hydrogen-bond donors (Lipinski definition) is 1. The van der Waals surface area contributed by atoms with E-state index in [9.17, 15) is 4.39 Å². The molecule has 0 spiro atoms. The van der Waals surface area contributed by atoms with Gasteiger partial charge in [-0.3, -0.25) is 4.68 Å². The molecule has 114 valence electrons. The van der Waals surface area contributed by atoms with Crippen LogP contribution in [0.4, 0.5) is 4.39 Å². The zero-order valence-electron chi connectivity index (χ0n) is 12.9. The van der Waals surface area contributed by atoms with E-state index in [-0.39, 0.29) is 12.4 Å². The monoisotopic (exact) mass is 299 g/mol. The smallest absolute Gasteiger partial charge is 0.149 e. The summed E-state index contributed by atoms with van der Waals surface area (Å²) in [5.41, 5.74) is 4.63. The lowest BCUT2D eigenvalue weighted by atomic mass is 10.0. The van der Waals surface area contributed by atoms with Gasteiger partial charge in [-0.15, -0.1) is 0 Å². The fraction of sp³-hybridized carbons (Fsp3) is 0.294.